The molecule has 25 heavy (non-hydrogen) atoms. The Morgan fingerprint density at radius 2 is 1.92 bits per heavy atom. The van der Waals surface area contributed by atoms with Gasteiger partial charge in [0.1, 0.15) is 12.4 Å². The number of hydrogen-bond donors (Lipinski definition) is 1. The van der Waals surface area contributed by atoms with Gasteiger partial charge in [0.15, 0.2) is 4.34 Å². The Labute approximate surface area is 159 Å². The van der Waals surface area contributed by atoms with Crippen molar-refractivity contribution in [3.8, 4) is 5.75 Å². The van der Waals surface area contributed by atoms with Crippen LogP contribution in [0.2, 0.25) is 5.02 Å². The molecule has 1 atom stereocenters. The fraction of sp³-hybridized carbons (Fsp3) is 0.278. The highest BCUT2D eigenvalue weighted by molar-refractivity contribution is 8.01. The Bertz CT molecular complexity index is 761. The summed E-state index contributed by atoms with van der Waals surface area (Å²) in [5, 5.41) is 10.7. The van der Waals surface area contributed by atoms with Crippen molar-refractivity contribution in [2.24, 2.45) is 0 Å². The van der Waals surface area contributed by atoms with E-state index in [1.807, 2.05) is 30.3 Å². The van der Waals surface area contributed by atoms with Crippen LogP contribution in [-0.2, 0) is 4.74 Å². The van der Waals surface area contributed by atoms with Crippen molar-refractivity contribution < 1.29 is 14.6 Å². The van der Waals surface area contributed by atoms with E-state index in [9.17, 15) is 5.11 Å². The van der Waals surface area contributed by atoms with Crippen LogP contribution >= 0.6 is 34.7 Å². The second kappa shape index (κ2) is 9.40. The van der Waals surface area contributed by atoms with E-state index < -0.39 is 6.10 Å². The molecule has 0 fully saturated rings. The highest BCUT2D eigenvalue weighted by Crippen LogP contribution is 2.29. The number of thioether (sulfide) groups is 1. The van der Waals surface area contributed by atoms with Crippen LogP contribution in [0.1, 0.15) is 0 Å². The topological polar surface area (TPSA) is 51.6 Å². The van der Waals surface area contributed by atoms with E-state index in [0.717, 1.165) is 20.3 Å². The van der Waals surface area contributed by atoms with Crippen molar-refractivity contribution in [2.75, 3.05) is 25.6 Å². The van der Waals surface area contributed by atoms with E-state index in [1.165, 1.54) is 0 Å². The Hall–Kier alpha value is -1.31. The van der Waals surface area contributed by atoms with Gasteiger partial charge in [0.25, 0.3) is 0 Å². The summed E-state index contributed by atoms with van der Waals surface area (Å²) in [6.07, 6.45) is -0.535. The predicted octanol–water partition coefficient (Wildman–Crippen LogP) is 4.50. The minimum Gasteiger partial charge on any atom is -0.491 e. The van der Waals surface area contributed by atoms with Gasteiger partial charge in [0.05, 0.1) is 29.5 Å². The van der Waals surface area contributed by atoms with Crippen LogP contribution in [-0.4, -0.2) is 41.8 Å². The van der Waals surface area contributed by atoms with Gasteiger partial charge in [-0.1, -0.05) is 35.5 Å². The molecular weight excluding hydrogens is 378 g/mol. The number of hydrogen-bond acceptors (Lipinski definition) is 6. The van der Waals surface area contributed by atoms with Gasteiger partial charge in [-0.3, -0.25) is 0 Å². The molecule has 3 rings (SSSR count). The molecule has 0 aliphatic carbocycles. The lowest BCUT2D eigenvalue weighted by Gasteiger charge is -2.11. The molecular formula is C18H18ClNO3S2. The molecule has 0 amide bonds. The molecule has 0 saturated heterocycles. The zero-order valence-corrected chi connectivity index (χ0v) is 15.8. The number of halogens is 1. The molecule has 7 heteroatoms. The van der Waals surface area contributed by atoms with Crippen LogP contribution in [0.5, 0.6) is 5.75 Å². The highest BCUT2D eigenvalue weighted by atomic mass is 35.5. The largest absolute Gasteiger partial charge is 0.491 e. The summed E-state index contributed by atoms with van der Waals surface area (Å²) in [4.78, 5) is 4.53. The molecule has 0 unspecified atom stereocenters. The molecule has 0 aliphatic heterocycles. The number of nitrogens with zero attached hydrogens (tertiary/aromatic N) is 1. The van der Waals surface area contributed by atoms with Gasteiger partial charge in [0.2, 0.25) is 0 Å². The quantitative estimate of drug-likeness (QED) is 0.427. The molecule has 132 valence electrons. The van der Waals surface area contributed by atoms with Crippen molar-refractivity contribution in [1.82, 2.24) is 4.98 Å². The van der Waals surface area contributed by atoms with Crippen molar-refractivity contribution in [3.63, 3.8) is 0 Å². The zero-order valence-electron chi connectivity index (χ0n) is 13.4. The average molecular weight is 396 g/mol. The average Bonchev–Trinajstić information content (AvgIpc) is 3.04. The molecule has 0 aliphatic rings. The molecule has 3 aromatic rings. The molecule has 0 saturated carbocycles. The summed E-state index contributed by atoms with van der Waals surface area (Å²) < 4.78 is 13.1. The first-order valence-electron chi connectivity index (χ1n) is 7.83. The second-order valence-corrected chi connectivity index (χ2v) is 8.02. The van der Waals surface area contributed by atoms with Crippen molar-refractivity contribution in [1.29, 1.82) is 0 Å². The Kier molecular flexibility index (Phi) is 6.95. The lowest BCUT2D eigenvalue weighted by Crippen LogP contribution is -2.20. The van der Waals surface area contributed by atoms with Gasteiger partial charge in [0, 0.05) is 10.8 Å². The maximum absolute atomic E-state index is 10.0. The third-order valence-corrected chi connectivity index (χ3v) is 5.87. The van der Waals surface area contributed by atoms with Crippen LogP contribution in [0.3, 0.4) is 0 Å². The highest BCUT2D eigenvalue weighted by Gasteiger charge is 2.09. The van der Waals surface area contributed by atoms with E-state index in [0.29, 0.717) is 24.0 Å². The van der Waals surface area contributed by atoms with Crippen molar-refractivity contribution in [2.45, 2.75) is 10.4 Å². The predicted molar refractivity (Wildman–Crippen MR) is 104 cm³/mol. The summed E-state index contributed by atoms with van der Waals surface area (Å²) in [6, 6.07) is 15.2. The second-order valence-electron chi connectivity index (χ2n) is 5.29. The smallest absolute Gasteiger partial charge is 0.151 e. The number of fused-ring (bicyclic) bond motifs is 1. The Balaban J connectivity index is 1.31. The van der Waals surface area contributed by atoms with Gasteiger partial charge in [-0.25, -0.2) is 4.98 Å². The van der Waals surface area contributed by atoms with Gasteiger partial charge < -0.3 is 14.6 Å². The fourth-order valence-corrected chi connectivity index (χ4v) is 4.22. The van der Waals surface area contributed by atoms with Crippen LogP contribution in [0.25, 0.3) is 10.2 Å². The van der Waals surface area contributed by atoms with Gasteiger partial charge >= 0.3 is 0 Å². The maximum atomic E-state index is 10.0. The van der Waals surface area contributed by atoms with E-state index in [2.05, 4.69) is 11.1 Å². The van der Waals surface area contributed by atoms with Crippen LogP contribution in [0, 0.1) is 0 Å². The first-order valence-corrected chi connectivity index (χ1v) is 10.0. The molecule has 4 nitrogen and oxygen atoms in total. The first-order chi connectivity index (χ1) is 12.2. The Morgan fingerprint density at radius 1 is 1.12 bits per heavy atom. The van der Waals surface area contributed by atoms with Crippen molar-refractivity contribution in [3.05, 3.63) is 53.6 Å². The number of thiazole rings is 1. The van der Waals surface area contributed by atoms with Crippen LogP contribution < -0.4 is 4.74 Å². The number of benzene rings is 2. The normalized spacial score (nSPS) is 12.4. The number of aliphatic hydroxyl groups is 1. The van der Waals surface area contributed by atoms with E-state index in [1.54, 1.807) is 35.2 Å². The molecule has 0 bridgehead atoms. The van der Waals surface area contributed by atoms with E-state index in [4.69, 9.17) is 21.1 Å². The standard InChI is InChI=1S/C18H18ClNO3S2/c19-13-5-7-15(8-6-13)23-10-9-22-11-14(21)12-24-18-20-16-3-1-2-4-17(16)25-18/h1-8,14,21H,9-12H2/t14-/m1/s1. The lowest BCUT2D eigenvalue weighted by molar-refractivity contribution is 0.0348. The van der Waals surface area contributed by atoms with Gasteiger partial charge in [-0.2, -0.15) is 0 Å². The zero-order chi connectivity index (χ0) is 17.5. The molecule has 0 spiro atoms. The van der Waals surface area contributed by atoms with E-state index in [-0.39, 0.29) is 6.61 Å². The number of aromatic nitrogens is 1. The number of aliphatic hydroxyl groups excluding tert-OH is 1. The summed E-state index contributed by atoms with van der Waals surface area (Å²) in [5.74, 6) is 1.30. The van der Waals surface area contributed by atoms with Crippen LogP contribution in [0.4, 0.5) is 0 Å². The van der Waals surface area contributed by atoms with Gasteiger partial charge in [-0.15, -0.1) is 11.3 Å². The molecule has 2 aromatic carbocycles. The minimum absolute atomic E-state index is 0.280. The number of para-hydroxylation sites is 1. The monoisotopic (exact) mass is 395 g/mol. The van der Waals surface area contributed by atoms with E-state index >= 15 is 0 Å². The maximum Gasteiger partial charge on any atom is 0.151 e. The lowest BCUT2D eigenvalue weighted by atomic mass is 10.3. The third-order valence-electron chi connectivity index (χ3n) is 3.29. The molecule has 1 aromatic heterocycles. The SMILES string of the molecule is O[C@H](COCCOc1ccc(Cl)cc1)CSc1nc2ccccc2s1. The number of ether oxygens (including phenoxy) is 2. The first kappa shape index (κ1) is 18.5. The molecule has 1 N–H and O–H groups in total. The number of rotatable bonds is 9. The summed E-state index contributed by atoms with van der Waals surface area (Å²) in [7, 11) is 0. The summed E-state index contributed by atoms with van der Waals surface area (Å²) in [5.41, 5.74) is 1.00. The van der Waals surface area contributed by atoms with Crippen LogP contribution in [0.15, 0.2) is 52.9 Å². The van der Waals surface area contributed by atoms with Gasteiger partial charge in [-0.05, 0) is 36.4 Å². The van der Waals surface area contributed by atoms with Crippen molar-refractivity contribution >= 4 is 44.9 Å². The molecule has 0 radical (unpaired) electrons. The molecule has 1 heterocycles. The Morgan fingerprint density at radius 3 is 2.72 bits per heavy atom. The fourth-order valence-electron chi connectivity index (χ4n) is 2.10. The minimum atomic E-state index is -0.535. The summed E-state index contributed by atoms with van der Waals surface area (Å²) in [6.45, 7) is 1.13. The summed E-state index contributed by atoms with van der Waals surface area (Å²) >= 11 is 9.00. The third kappa shape index (κ3) is 5.87.